The summed E-state index contributed by atoms with van der Waals surface area (Å²) in [5.41, 5.74) is -1.73. The van der Waals surface area contributed by atoms with E-state index in [0.717, 1.165) is 6.07 Å². The van der Waals surface area contributed by atoms with Crippen molar-refractivity contribution in [3.05, 3.63) is 62.9 Å². The third-order valence-corrected chi connectivity index (χ3v) is 3.33. The first kappa shape index (κ1) is 16.5. The molecule has 0 aliphatic heterocycles. The van der Waals surface area contributed by atoms with Gasteiger partial charge in [0.2, 0.25) is 5.82 Å². The molecular weight excluding hydrogens is 354 g/mol. The van der Waals surface area contributed by atoms with Crippen molar-refractivity contribution in [3.63, 3.8) is 0 Å². The molecular formula is C13H3Cl2F5O2. The lowest BCUT2D eigenvalue weighted by Crippen LogP contribution is -2.17. The van der Waals surface area contributed by atoms with Gasteiger partial charge in [-0.15, -0.1) is 0 Å². The van der Waals surface area contributed by atoms with Crippen molar-refractivity contribution in [2.75, 3.05) is 0 Å². The number of benzene rings is 2. The Morgan fingerprint density at radius 2 is 1.36 bits per heavy atom. The minimum Gasteiger partial charge on any atom is -0.421 e. The maximum atomic E-state index is 13.5. The van der Waals surface area contributed by atoms with Crippen molar-refractivity contribution in [1.29, 1.82) is 0 Å². The van der Waals surface area contributed by atoms with E-state index in [1.54, 1.807) is 0 Å². The van der Waals surface area contributed by atoms with Gasteiger partial charge in [0.05, 0.1) is 5.02 Å². The molecule has 0 fully saturated rings. The molecule has 0 aliphatic rings. The maximum Gasteiger partial charge on any atom is 0.349 e. The Labute approximate surface area is 130 Å². The van der Waals surface area contributed by atoms with Crippen LogP contribution in [0.3, 0.4) is 0 Å². The van der Waals surface area contributed by atoms with Crippen molar-refractivity contribution in [2.24, 2.45) is 0 Å². The van der Waals surface area contributed by atoms with Gasteiger partial charge in [-0.2, -0.15) is 0 Å². The Morgan fingerprint density at radius 1 is 0.864 bits per heavy atom. The molecule has 0 unspecified atom stereocenters. The summed E-state index contributed by atoms with van der Waals surface area (Å²) in [6.45, 7) is 0. The number of rotatable bonds is 2. The molecule has 2 rings (SSSR count). The summed E-state index contributed by atoms with van der Waals surface area (Å²) < 4.78 is 70.4. The third kappa shape index (κ3) is 2.74. The highest BCUT2D eigenvalue weighted by Crippen LogP contribution is 2.32. The largest absolute Gasteiger partial charge is 0.421 e. The minimum atomic E-state index is -2.38. The summed E-state index contributed by atoms with van der Waals surface area (Å²) in [5.74, 6) is -13.7. The Morgan fingerprint density at radius 3 is 1.91 bits per heavy atom. The van der Waals surface area contributed by atoms with E-state index < -0.39 is 46.4 Å². The minimum absolute atomic E-state index is 0.0376. The SMILES string of the molecule is O=C(Oc1cccc(Cl)c1Cl)c1c(F)c(F)c(F)c(F)c1F. The molecule has 0 aromatic heterocycles. The van der Waals surface area contributed by atoms with Crippen LogP contribution in [-0.4, -0.2) is 5.97 Å². The first-order chi connectivity index (χ1) is 10.3. The van der Waals surface area contributed by atoms with Crippen LogP contribution in [0.4, 0.5) is 22.0 Å². The average molecular weight is 357 g/mol. The summed E-state index contributed by atoms with van der Waals surface area (Å²) >= 11 is 11.3. The van der Waals surface area contributed by atoms with Crippen molar-refractivity contribution >= 4 is 29.2 Å². The fourth-order valence-electron chi connectivity index (χ4n) is 1.50. The predicted molar refractivity (Wildman–Crippen MR) is 67.7 cm³/mol. The second-order valence-corrected chi connectivity index (χ2v) is 4.67. The van der Waals surface area contributed by atoms with E-state index in [9.17, 15) is 26.7 Å². The quantitative estimate of drug-likeness (QED) is 0.251. The highest BCUT2D eigenvalue weighted by molar-refractivity contribution is 6.43. The van der Waals surface area contributed by atoms with Crippen LogP contribution in [0.15, 0.2) is 18.2 Å². The summed E-state index contributed by atoms with van der Waals surface area (Å²) in [5, 5.41) is -0.300. The number of halogens is 7. The third-order valence-electron chi connectivity index (χ3n) is 2.53. The molecule has 0 heterocycles. The van der Waals surface area contributed by atoms with E-state index in [-0.39, 0.29) is 10.0 Å². The lowest BCUT2D eigenvalue weighted by atomic mass is 10.1. The molecule has 0 N–H and O–H groups in total. The first-order valence-electron chi connectivity index (χ1n) is 5.43. The van der Waals surface area contributed by atoms with E-state index >= 15 is 0 Å². The van der Waals surface area contributed by atoms with Crippen molar-refractivity contribution in [2.45, 2.75) is 0 Å². The van der Waals surface area contributed by atoms with Crippen LogP contribution >= 0.6 is 23.2 Å². The molecule has 0 aliphatic carbocycles. The number of carbonyl (C=O) groups excluding carboxylic acids is 1. The molecule has 2 aromatic carbocycles. The second-order valence-electron chi connectivity index (χ2n) is 3.89. The van der Waals surface area contributed by atoms with Gasteiger partial charge in [0.1, 0.15) is 10.6 Å². The number of hydrogen-bond acceptors (Lipinski definition) is 2. The van der Waals surface area contributed by atoms with Gasteiger partial charge in [0.15, 0.2) is 29.0 Å². The van der Waals surface area contributed by atoms with Crippen LogP contribution in [0, 0.1) is 29.1 Å². The van der Waals surface area contributed by atoms with Gasteiger partial charge in [-0.1, -0.05) is 29.3 Å². The van der Waals surface area contributed by atoms with Crippen molar-refractivity contribution in [1.82, 2.24) is 0 Å². The number of carbonyl (C=O) groups is 1. The van der Waals surface area contributed by atoms with Crippen LogP contribution in [-0.2, 0) is 0 Å². The standard InChI is InChI=1S/C13H3Cl2F5O2/c14-4-2-1-3-5(7(4)15)22-13(21)6-8(16)10(18)12(20)11(19)9(6)17/h1-3H. The number of ether oxygens (including phenoxy) is 1. The Kier molecular flexibility index (Phi) is 4.58. The zero-order chi connectivity index (χ0) is 16.6. The van der Waals surface area contributed by atoms with Gasteiger partial charge in [-0.25, -0.2) is 26.7 Å². The monoisotopic (exact) mass is 356 g/mol. The summed E-state index contributed by atoms with van der Waals surface area (Å²) in [6.07, 6.45) is 0. The molecule has 0 saturated heterocycles. The molecule has 0 amide bonds. The lowest BCUT2D eigenvalue weighted by molar-refractivity contribution is 0.0721. The van der Waals surface area contributed by atoms with Crippen LogP contribution in [0.2, 0.25) is 10.0 Å². The van der Waals surface area contributed by atoms with Gasteiger partial charge in [-0.3, -0.25) is 0 Å². The Balaban J connectivity index is 2.49. The molecule has 2 aromatic rings. The van der Waals surface area contributed by atoms with Crippen molar-refractivity contribution < 1.29 is 31.5 Å². The zero-order valence-corrected chi connectivity index (χ0v) is 11.7. The first-order valence-corrected chi connectivity index (χ1v) is 6.19. The van der Waals surface area contributed by atoms with Gasteiger partial charge in [0, 0.05) is 0 Å². The molecule has 0 saturated carbocycles. The lowest BCUT2D eigenvalue weighted by Gasteiger charge is -2.09. The highest BCUT2D eigenvalue weighted by Gasteiger charge is 2.31. The van der Waals surface area contributed by atoms with E-state index in [2.05, 4.69) is 4.74 Å². The molecule has 0 radical (unpaired) electrons. The maximum absolute atomic E-state index is 13.5. The van der Waals surface area contributed by atoms with Crippen LogP contribution < -0.4 is 4.74 Å². The summed E-state index contributed by atoms with van der Waals surface area (Å²) in [7, 11) is 0. The molecule has 0 atom stereocenters. The second kappa shape index (κ2) is 6.10. The Bertz CT molecular complexity index is 751. The smallest absolute Gasteiger partial charge is 0.349 e. The normalized spacial score (nSPS) is 10.7. The molecule has 116 valence electrons. The zero-order valence-electron chi connectivity index (χ0n) is 10.2. The Hall–Kier alpha value is -1.86. The van der Waals surface area contributed by atoms with Gasteiger partial charge < -0.3 is 4.74 Å². The predicted octanol–water partition coefficient (Wildman–Crippen LogP) is 4.91. The van der Waals surface area contributed by atoms with E-state index in [0.29, 0.717) is 0 Å². The van der Waals surface area contributed by atoms with E-state index in [4.69, 9.17) is 23.2 Å². The summed E-state index contributed by atoms with van der Waals surface area (Å²) in [6, 6.07) is 3.76. The van der Waals surface area contributed by atoms with E-state index in [1.807, 2.05) is 0 Å². The fraction of sp³-hybridized carbons (Fsp3) is 0. The molecule has 2 nitrogen and oxygen atoms in total. The van der Waals surface area contributed by atoms with Crippen LogP contribution in [0.1, 0.15) is 10.4 Å². The summed E-state index contributed by atoms with van der Waals surface area (Å²) in [4.78, 5) is 11.7. The molecule has 22 heavy (non-hydrogen) atoms. The van der Waals surface area contributed by atoms with Gasteiger partial charge >= 0.3 is 5.97 Å². The average Bonchev–Trinajstić information content (AvgIpc) is 2.48. The van der Waals surface area contributed by atoms with Gasteiger partial charge in [0.25, 0.3) is 0 Å². The van der Waals surface area contributed by atoms with Crippen LogP contribution in [0.25, 0.3) is 0 Å². The van der Waals surface area contributed by atoms with Gasteiger partial charge in [-0.05, 0) is 12.1 Å². The molecule has 9 heteroatoms. The molecule has 0 bridgehead atoms. The number of esters is 1. The number of hydrogen-bond donors (Lipinski definition) is 0. The topological polar surface area (TPSA) is 26.3 Å². The van der Waals surface area contributed by atoms with Crippen LogP contribution in [0.5, 0.6) is 5.75 Å². The van der Waals surface area contributed by atoms with Crippen molar-refractivity contribution in [3.8, 4) is 5.75 Å². The van der Waals surface area contributed by atoms with E-state index in [1.165, 1.54) is 12.1 Å². The fourth-order valence-corrected chi connectivity index (χ4v) is 1.83. The highest BCUT2D eigenvalue weighted by atomic mass is 35.5. The molecule has 0 spiro atoms.